The van der Waals surface area contributed by atoms with Crippen molar-refractivity contribution < 1.29 is 23.9 Å². The van der Waals surface area contributed by atoms with E-state index in [1.165, 1.54) is 7.11 Å². The Kier molecular flexibility index (Phi) is 28.4. The number of hydrogen-bond donors (Lipinski definition) is 2. The minimum atomic E-state index is -0.619. The molecule has 9 nitrogen and oxygen atoms in total. The van der Waals surface area contributed by atoms with Crippen LogP contribution in [0.25, 0.3) is 0 Å². The highest BCUT2D eigenvalue weighted by atomic mass is 127. The Hall–Kier alpha value is -1.35. The first kappa shape index (κ1) is 44.8. The number of nitrogens with one attached hydrogen (secondary N) is 2. The molecule has 0 unspecified atom stereocenters. The van der Waals surface area contributed by atoms with Crippen LogP contribution >= 0.6 is 77.7 Å². The molecule has 0 aliphatic carbocycles. The number of pyridine rings is 2. The van der Waals surface area contributed by atoms with Crippen LogP contribution in [-0.2, 0) is 14.3 Å². The molecule has 2 aromatic heterocycles. The summed E-state index contributed by atoms with van der Waals surface area (Å²) in [6.07, 6.45) is 10.3. The van der Waals surface area contributed by atoms with Gasteiger partial charge in [-0.3, -0.25) is 14.4 Å². The van der Waals surface area contributed by atoms with Crippen LogP contribution in [0.1, 0.15) is 93.4 Å². The Morgan fingerprint density at radius 1 is 0.841 bits per heavy atom. The van der Waals surface area contributed by atoms with Gasteiger partial charge in [0.1, 0.15) is 15.2 Å². The Balaban J connectivity index is 0. The molecular formula is C30H43Br2Cl2IN4O5. The molecule has 2 amide bonds. The van der Waals surface area contributed by atoms with Gasteiger partial charge in [0.15, 0.2) is 5.78 Å². The van der Waals surface area contributed by atoms with E-state index in [-0.39, 0.29) is 30.9 Å². The van der Waals surface area contributed by atoms with E-state index in [9.17, 15) is 19.2 Å². The van der Waals surface area contributed by atoms with E-state index in [1.807, 2.05) is 0 Å². The van der Waals surface area contributed by atoms with Crippen molar-refractivity contribution in [1.29, 1.82) is 0 Å². The van der Waals surface area contributed by atoms with Gasteiger partial charge in [-0.05, 0) is 69.0 Å². The summed E-state index contributed by atoms with van der Waals surface area (Å²) in [6, 6.07) is 5.50. The second kappa shape index (κ2) is 27.9. The fourth-order valence-electron chi connectivity index (χ4n) is 3.58. The van der Waals surface area contributed by atoms with Crippen molar-refractivity contribution in [3.05, 3.63) is 57.0 Å². The lowest BCUT2D eigenvalue weighted by Crippen LogP contribution is -2.41. The van der Waals surface area contributed by atoms with E-state index in [1.54, 1.807) is 36.7 Å². The number of aromatic nitrogens is 2. The van der Waals surface area contributed by atoms with Crippen molar-refractivity contribution in [2.75, 3.05) is 16.9 Å². The standard InChI is InChI=1S/C14H18BrClN2O2.C14H19BrN2O3.CH2ClI.CH4/c1-2-3-4-7-11(12(19)9-16)18-14(20)10-6-5-8-17-13(10)15;1-3-4-5-8-11(14(19)20-2)17-13(18)10-7-6-9-16-12(10)15;2-1-3;/h5-6,8,11H,2-4,7,9H2,1H3,(H,18,20);6-7,9,11H,3-5,8H2,1-2H3,(H,17,18);1H2;1H4/t2*11-;;/m00../s1. The van der Waals surface area contributed by atoms with Crippen LogP contribution in [0.3, 0.4) is 0 Å². The molecule has 248 valence electrons. The Morgan fingerprint density at radius 2 is 1.25 bits per heavy atom. The van der Waals surface area contributed by atoms with Gasteiger partial charge in [0.2, 0.25) is 0 Å². The average Bonchev–Trinajstić information content (AvgIpc) is 3.00. The zero-order valence-electron chi connectivity index (χ0n) is 24.5. The number of ether oxygens (including phenoxy) is 1. The molecule has 0 saturated carbocycles. The number of carbonyl (C=O) groups excluding carboxylic acids is 4. The SMILES string of the molecule is C.CCCCC[C@H](NC(=O)c1cccnc1Br)C(=O)CCl.CCCCC[C@H](NC(=O)c1cccnc1Br)C(=O)OC.ClCI. The molecule has 0 radical (unpaired) electrons. The highest BCUT2D eigenvalue weighted by molar-refractivity contribution is 14.1. The summed E-state index contributed by atoms with van der Waals surface area (Å²) in [5.41, 5.74) is 0.812. The Bertz CT molecular complexity index is 1050. The number of halogens is 5. The number of nitrogens with zero attached hydrogens (tertiary/aromatic N) is 2. The summed E-state index contributed by atoms with van der Waals surface area (Å²) in [7, 11) is 1.32. The van der Waals surface area contributed by atoms with Crippen molar-refractivity contribution in [1.82, 2.24) is 20.6 Å². The van der Waals surface area contributed by atoms with E-state index in [0.29, 0.717) is 37.1 Å². The molecule has 0 fully saturated rings. The van der Waals surface area contributed by atoms with Crippen LogP contribution < -0.4 is 10.6 Å². The van der Waals surface area contributed by atoms with E-state index in [2.05, 4.69) is 88.9 Å². The normalized spacial score (nSPS) is 11.2. The quantitative estimate of drug-likeness (QED) is 0.0606. The topological polar surface area (TPSA) is 127 Å². The molecule has 0 aliphatic rings. The lowest BCUT2D eigenvalue weighted by molar-refractivity contribution is -0.143. The summed E-state index contributed by atoms with van der Waals surface area (Å²) < 4.78 is 6.34. The molecule has 0 spiro atoms. The minimum Gasteiger partial charge on any atom is -0.467 e. The number of rotatable bonds is 15. The van der Waals surface area contributed by atoms with Gasteiger partial charge in [-0.1, -0.05) is 82.4 Å². The third-order valence-electron chi connectivity index (χ3n) is 5.82. The number of Topliss-reactive ketones (excluding diaryl/α,β-unsaturated/α-hetero) is 1. The number of unbranched alkanes of at least 4 members (excludes halogenated alkanes) is 4. The molecule has 0 aromatic carbocycles. The van der Waals surface area contributed by atoms with Gasteiger partial charge in [-0.25, -0.2) is 14.8 Å². The highest BCUT2D eigenvalue weighted by Crippen LogP contribution is 2.15. The Labute approximate surface area is 302 Å². The summed E-state index contributed by atoms with van der Waals surface area (Å²) in [4.78, 5) is 55.8. The fourth-order valence-corrected chi connectivity index (χ4v) is 4.62. The molecular weight excluding hydrogens is 854 g/mol. The molecule has 2 rings (SSSR count). The first-order chi connectivity index (χ1) is 20.6. The summed E-state index contributed by atoms with van der Waals surface area (Å²) >= 11 is 19.1. The largest absolute Gasteiger partial charge is 0.467 e. The second-order valence-electron chi connectivity index (χ2n) is 8.95. The summed E-state index contributed by atoms with van der Waals surface area (Å²) in [5.74, 6) is -1.32. The number of carbonyl (C=O) groups is 4. The third kappa shape index (κ3) is 18.6. The van der Waals surface area contributed by atoms with Crippen molar-refractivity contribution in [2.45, 2.75) is 84.7 Å². The minimum absolute atomic E-state index is 0. The first-order valence-electron chi connectivity index (χ1n) is 13.7. The van der Waals surface area contributed by atoms with E-state index in [0.717, 1.165) is 38.5 Å². The summed E-state index contributed by atoms with van der Waals surface area (Å²) in [5, 5.41) is 5.44. The van der Waals surface area contributed by atoms with Gasteiger partial charge in [-0.2, -0.15) is 0 Å². The van der Waals surface area contributed by atoms with Gasteiger partial charge in [0, 0.05) is 12.4 Å². The highest BCUT2D eigenvalue weighted by Gasteiger charge is 2.23. The summed E-state index contributed by atoms with van der Waals surface area (Å²) in [6.45, 7) is 4.17. The molecule has 44 heavy (non-hydrogen) atoms. The molecule has 0 aliphatic heterocycles. The predicted molar refractivity (Wildman–Crippen MR) is 194 cm³/mol. The van der Waals surface area contributed by atoms with Crippen LogP contribution in [-0.4, -0.2) is 62.5 Å². The molecule has 0 saturated heterocycles. The van der Waals surface area contributed by atoms with Crippen molar-refractivity contribution in [3.8, 4) is 0 Å². The van der Waals surface area contributed by atoms with Crippen LogP contribution in [0, 0.1) is 0 Å². The average molecular weight is 897 g/mol. The van der Waals surface area contributed by atoms with E-state index < -0.39 is 18.1 Å². The van der Waals surface area contributed by atoms with Crippen molar-refractivity contribution >= 4 is 101 Å². The van der Waals surface area contributed by atoms with Gasteiger partial charge in [0.05, 0.1) is 34.0 Å². The van der Waals surface area contributed by atoms with Gasteiger partial charge in [-0.15, -0.1) is 23.2 Å². The molecule has 2 aromatic rings. The maximum absolute atomic E-state index is 12.2. The molecule has 0 bridgehead atoms. The Morgan fingerprint density at radius 3 is 1.61 bits per heavy atom. The van der Waals surface area contributed by atoms with Crippen molar-refractivity contribution in [3.63, 3.8) is 0 Å². The van der Waals surface area contributed by atoms with Crippen LogP contribution in [0.4, 0.5) is 0 Å². The maximum Gasteiger partial charge on any atom is 0.328 e. The van der Waals surface area contributed by atoms with Crippen LogP contribution in [0.2, 0.25) is 0 Å². The van der Waals surface area contributed by atoms with Gasteiger partial charge in [0.25, 0.3) is 11.8 Å². The maximum atomic E-state index is 12.2. The number of hydrogen-bond acceptors (Lipinski definition) is 7. The van der Waals surface area contributed by atoms with Crippen LogP contribution in [0.15, 0.2) is 45.9 Å². The predicted octanol–water partition coefficient (Wildman–Crippen LogP) is 8.28. The lowest BCUT2D eigenvalue weighted by atomic mass is 10.0. The molecule has 2 heterocycles. The van der Waals surface area contributed by atoms with Gasteiger partial charge < -0.3 is 15.4 Å². The van der Waals surface area contributed by atoms with Crippen molar-refractivity contribution in [2.24, 2.45) is 0 Å². The second-order valence-corrected chi connectivity index (χ2v) is 12.7. The number of methoxy groups -OCH3 is 1. The van der Waals surface area contributed by atoms with Crippen LogP contribution in [0.5, 0.6) is 0 Å². The zero-order chi connectivity index (χ0) is 32.6. The molecule has 2 N–H and O–H groups in total. The lowest BCUT2D eigenvalue weighted by Gasteiger charge is -2.16. The van der Waals surface area contributed by atoms with E-state index in [4.69, 9.17) is 27.9 Å². The number of alkyl halides is 3. The monoisotopic (exact) mass is 894 g/mol. The van der Waals surface area contributed by atoms with E-state index >= 15 is 0 Å². The third-order valence-corrected chi connectivity index (χ3v) is 7.34. The van der Waals surface area contributed by atoms with Gasteiger partial charge >= 0.3 is 5.97 Å². The smallest absolute Gasteiger partial charge is 0.328 e. The number of amides is 2. The molecule has 14 heteroatoms. The molecule has 2 atom stereocenters. The first-order valence-corrected chi connectivity index (χ1v) is 17.9. The number of esters is 1. The zero-order valence-corrected chi connectivity index (χ0v) is 31.4. The fraction of sp³-hybridized carbons (Fsp3) is 0.533. The number of ketones is 1.